The zero-order valence-electron chi connectivity index (χ0n) is 13.4. The lowest BCUT2D eigenvalue weighted by atomic mass is 10.1. The lowest BCUT2D eigenvalue weighted by Crippen LogP contribution is -2.99. The van der Waals surface area contributed by atoms with Gasteiger partial charge in [0.15, 0.2) is 16.6 Å². The molecule has 3 aromatic heterocycles. The molecule has 4 rings (SSSR count). The van der Waals surface area contributed by atoms with E-state index >= 15 is 0 Å². The predicted octanol–water partition coefficient (Wildman–Crippen LogP) is 3.61. The van der Waals surface area contributed by atoms with Crippen molar-refractivity contribution in [3.63, 3.8) is 0 Å². The summed E-state index contributed by atoms with van der Waals surface area (Å²) < 4.78 is 5.87. The molecule has 130 valence electrons. The summed E-state index contributed by atoms with van der Waals surface area (Å²) in [6.07, 6.45) is 1.71. The van der Waals surface area contributed by atoms with E-state index in [9.17, 15) is 5.21 Å². The van der Waals surface area contributed by atoms with Gasteiger partial charge in [-0.25, -0.2) is 15.2 Å². The fourth-order valence-electron chi connectivity index (χ4n) is 2.40. The molecule has 0 saturated carbocycles. The number of rotatable bonds is 5. The number of quaternary nitrogens is 1. The lowest BCUT2D eigenvalue weighted by molar-refractivity contribution is -0.991. The minimum absolute atomic E-state index is 0.241. The van der Waals surface area contributed by atoms with Crippen LogP contribution >= 0.6 is 11.3 Å². The van der Waals surface area contributed by atoms with Crippen molar-refractivity contribution in [1.82, 2.24) is 9.97 Å². The highest BCUT2D eigenvalue weighted by atomic mass is 32.1. The zero-order valence-corrected chi connectivity index (χ0v) is 14.2. The van der Waals surface area contributed by atoms with Crippen molar-refractivity contribution in [3.05, 3.63) is 71.4 Å². The molecule has 0 radical (unpaired) electrons. The molecule has 26 heavy (non-hydrogen) atoms. The van der Waals surface area contributed by atoms with E-state index in [1.165, 1.54) is 11.3 Å². The summed E-state index contributed by atoms with van der Waals surface area (Å²) >= 11 is 1.46. The van der Waals surface area contributed by atoms with Gasteiger partial charge in [-0.15, -0.1) is 11.3 Å². The van der Waals surface area contributed by atoms with Gasteiger partial charge in [-0.3, -0.25) is 0 Å². The Bertz CT molecular complexity index is 997. The van der Waals surface area contributed by atoms with Crippen molar-refractivity contribution in [2.75, 3.05) is 5.32 Å². The third-order valence-corrected chi connectivity index (χ3v) is 4.44. The summed E-state index contributed by atoms with van der Waals surface area (Å²) in [6, 6.07) is 15.9. The number of benzene rings is 1. The van der Waals surface area contributed by atoms with Gasteiger partial charge < -0.3 is 14.9 Å². The van der Waals surface area contributed by atoms with Gasteiger partial charge in [0.25, 0.3) is 0 Å². The van der Waals surface area contributed by atoms with Crippen molar-refractivity contribution in [2.45, 2.75) is 0 Å². The standard InChI is InChI=1S/C18H14N4O3S/c23-22(24)13-6-4-12(5-7-13)15-8-9-16(25-15)14-11-26-18(20-14)21-17-3-1-2-10-19-17/h1-11,22-23H,(H,19,20,21). The van der Waals surface area contributed by atoms with Crippen LogP contribution < -0.4 is 10.5 Å². The molecule has 0 fully saturated rings. The highest BCUT2D eigenvalue weighted by Crippen LogP contribution is 2.31. The summed E-state index contributed by atoms with van der Waals surface area (Å²) in [4.78, 5) is 8.73. The minimum atomic E-state index is -0.952. The number of furan rings is 1. The first-order valence-electron chi connectivity index (χ1n) is 7.76. The molecule has 0 amide bonds. The molecule has 1 unspecified atom stereocenters. The smallest absolute Gasteiger partial charge is 0.188 e. The van der Waals surface area contributed by atoms with Crippen LogP contribution in [-0.4, -0.2) is 15.2 Å². The Kier molecular flexibility index (Phi) is 4.46. The maximum atomic E-state index is 10.9. The number of hydrogen-bond acceptors (Lipinski definition) is 7. The topological polar surface area (TPSA) is 98.7 Å². The molecular formula is C18H14N4O3S. The molecule has 0 aliphatic heterocycles. The Morgan fingerprint density at radius 2 is 1.85 bits per heavy atom. The Morgan fingerprint density at radius 3 is 2.58 bits per heavy atom. The van der Waals surface area contributed by atoms with Crippen LogP contribution in [-0.2, 0) is 0 Å². The van der Waals surface area contributed by atoms with Crippen LogP contribution in [0.2, 0.25) is 0 Å². The predicted molar refractivity (Wildman–Crippen MR) is 98.5 cm³/mol. The summed E-state index contributed by atoms with van der Waals surface area (Å²) in [5.74, 6) is 2.03. The van der Waals surface area contributed by atoms with Gasteiger partial charge in [-0.1, -0.05) is 6.07 Å². The molecule has 0 bridgehead atoms. The summed E-state index contributed by atoms with van der Waals surface area (Å²) in [5.41, 5.74) is 1.77. The highest BCUT2D eigenvalue weighted by molar-refractivity contribution is 7.14. The van der Waals surface area contributed by atoms with Gasteiger partial charge in [0.05, 0.1) is 0 Å². The summed E-state index contributed by atoms with van der Waals surface area (Å²) in [6.45, 7) is 0. The number of nitrogens with one attached hydrogen (secondary N) is 2. The van der Waals surface area contributed by atoms with Crippen molar-refractivity contribution >= 4 is 28.0 Å². The van der Waals surface area contributed by atoms with Gasteiger partial charge >= 0.3 is 0 Å². The van der Waals surface area contributed by atoms with Crippen LogP contribution in [0.5, 0.6) is 0 Å². The van der Waals surface area contributed by atoms with Crippen LogP contribution in [0.3, 0.4) is 0 Å². The zero-order chi connectivity index (χ0) is 17.9. The first-order chi connectivity index (χ1) is 12.7. The fraction of sp³-hybridized carbons (Fsp3) is 0. The monoisotopic (exact) mass is 366 g/mol. The number of pyridine rings is 1. The lowest BCUT2D eigenvalue weighted by Gasteiger charge is -2.11. The molecule has 7 nitrogen and oxygen atoms in total. The fourth-order valence-corrected chi connectivity index (χ4v) is 3.11. The maximum absolute atomic E-state index is 10.9. The third-order valence-electron chi connectivity index (χ3n) is 3.68. The molecule has 8 heteroatoms. The average Bonchev–Trinajstić information content (AvgIpc) is 3.32. The van der Waals surface area contributed by atoms with Crippen molar-refractivity contribution < 1.29 is 14.9 Å². The van der Waals surface area contributed by atoms with Crippen LogP contribution in [0.1, 0.15) is 0 Å². The first kappa shape index (κ1) is 16.4. The quantitative estimate of drug-likeness (QED) is 0.467. The molecule has 0 aliphatic carbocycles. The SMILES string of the molecule is [O-][NH+](O)c1ccc(-c2ccc(-c3csc(Nc4ccccn4)n3)o2)cc1. The summed E-state index contributed by atoms with van der Waals surface area (Å²) in [7, 11) is 0. The minimum Gasteiger partial charge on any atom is -0.595 e. The number of thiazole rings is 1. The average molecular weight is 366 g/mol. The first-order valence-corrected chi connectivity index (χ1v) is 8.64. The third kappa shape index (κ3) is 3.48. The second kappa shape index (κ2) is 7.06. The van der Waals surface area contributed by atoms with Gasteiger partial charge in [0.1, 0.15) is 17.3 Å². The van der Waals surface area contributed by atoms with E-state index in [1.54, 1.807) is 30.5 Å². The van der Waals surface area contributed by atoms with E-state index in [-0.39, 0.29) is 5.69 Å². The molecule has 4 aromatic rings. The van der Waals surface area contributed by atoms with Crippen LogP contribution in [0, 0.1) is 5.21 Å². The Morgan fingerprint density at radius 1 is 1.04 bits per heavy atom. The molecule has 3 heterocycles. The van der Waals surface area contributed by atoms with Crippen LogP contribution in [0.4, 0.5) is 16.6 Å². The van der Waals surface area contributed by atoms with E-state index in [1.807, 2.05) is 35.7 Å². The Hall–Kier alpha value is -3.04. The second-order valence-corrected chi connectivity index (χ2v) is 6.28. The molecular weight excluding hydrogens is 352 g/mol. The van der Waals surface area contributed by atoms with Crippen molar-refractivity contribution in [3.8, 4) is 22.8 Å². The molecule has 0 spiro atoms. The van der Waals surface area contributed by atoms with Crippen molar-refractivity contribution in [2.24, 2.45) is 0 Å². The summed E-state index contributed by atoms with van der Waals surface area (Å²) in [5, 5.41) is 24.7. The Balaban J connectivity index is 1.53. The molecule has 0 aliphatic rings. The van der Waals surface area contributed by atoms with Gasteiger partial charge in [0.2, 0.25) is 0 Å². The van der Waals surface area contributed by atoms with Gasteiger partial charge in [-0.2, -0.15) is 5.23 Å². The number of nitrogens with zero attached hydrogens (tertiary/aromatic N) is 2. The van der Waals surface area contributed by atoms with Gasteiger partial charge in [0, 0.05) is 29.3 Å². The number of hydrogen-bond donors (Lipinski definition) is 3. The number of aromatic nitrogens is 2. The van der Waals surface area contributed by atoms with E-state index in [4.69, 9.17) is 9.62 Å². The molecule has 1 atom stereocenters. The van der Waals surface area contributed by atoms with Gasteiger partial charge in [-0.05, 0) is 36.4 Å². The van der Waals surface area contributed by atoms with E-state index < -0.39 is 5.23 Å². The highest BCUT2D eigenvalue weighted by Gasteiger charge is 2.11. The normalized spacial score (nSPS) is 12.1. The maximum Gasteiger partial charge on any atom is 0.188 e. The molecule has 0 saturated heterocycles. The van der Waals surface area contributed by atoms with E-state index in [2.05, 4.69) is 15.3 Å². The Labute approximate surface area is 152 Å². The largest absolute Gasteiger partial charge is 0.595 e. The van der Waals surface area contributed by atoms with E-state index in [0.717, 1.165) is 22.2 Å². The number of anilines is 2. The molecule has 1 aromatic carbocycles. The van der Waals surface area contributed by atoms with E-state index in [0.29, 0.717) is 11.5 Å². The van der Waals surface area contributed by atoms with Crippen LogP contribution in [0.15, 0.2) is 70.6 Å². The van der Waals surface area contributed by atoms with Crippen LogP contribution in [0.25, 0.3) is 22.8 Å². The van der Waals surface area contributed by atoms with Crippen molar-refractivity contribution in [1.29, 1.82) is 0 Å². The second-order valence-electron chi connectivity index (χ2n) is 5.42. The molecule has 3 N–H and O–H groups in total.